The Hall–Kier alpha value is -1.18. The average Bonchev–Trinajstić information content (AvgIpc) is 2.91. The molecule has 2 saturated heterocycles. The minimum absolute atomic E-state index is 0.0173. The summed E-state index contributed by atoms with van der Waals surface area (Å²) in [6.07, 6.45) is 0.303. The van der Waals surface area contributed by atoms with Gasteiger partial charge in [0.2, 0.25) is 11.8 Å². The fraction of sp³-hybridized carbons (Fsp3) is 0.867. The number of amides is 2. The minimum atomic E-state index is -0.239. The zero-order chi connectivity index (χ0) is 15.9. The number of carbonyl (C=O) groups excluding carboxylic acids is 2. The van der Waals surface area contributed by atoms with Crippen molar-refractivity contribution in [3.05, 3.63) is 0 Å². The third kappa shape index (κ3) is 4.66. The van der Waals surface area contributed by atoms with Gasteiger partial charge in [0.1, 0.15) is 0 Å². The summed E-state index contributed by atoms with van der Waals surface area (Å²) in [6.45, 7) is 7.75. The van der Waals surface area contributed by atoms with Gasteiger partial charge in [0.15, 0.2) is 0 Å². The highest BCUT2D eigenvalue weighted by molar-refractivity contribution is 5.89. The molecule has 2 fully saturated rings. The number of hydrogen-bond donors (Lipinski definition) is 1. The maximum absolute atomic E-state index is 12.2. The molecule has 2 aliphatic heterocycles. The molecule has 0 saturated carbocycles. The van der Waals surface area contributed by atoms with Crippen molar-refractivity contribution in [1.29, 1.82) is 0 Å². The molecule has 126 valence electrons. The van der Waals surface area contributed by atoms with Crippen LogP contribution in [0.4, 0.5) is 0 Å². The molecule has 2 heterocycles. The van der Waals surface area contributed by atoms with Gasteiger partial charge in [-0.2, -0.15) is 0 Å². The molecule has 0 spiro atoms. The van der Waals surface area contributed by atoms with E-state index in [1.807, 2.05) is 6.92 Å². The molecule has 2 atom stereocenters. The van der Waals surface area contributed by atoms with Gasteiger partial charge in [0, 0.05) is 46.3 Å². The van der Waals surface area contributed by atoms with Gasteiger partial charge < -0.3 is 19.7 Å². The first-order valence-electron chi connectivity index (χ1n) is 7.98. The quantitative estimate of drug-likeness (QED) is 0.674. The molecule has 7 heteroatoms. The molecule has 0 aromatic rings. The smallest absolute Gasteiger partial charge is 0.225 e. The van der Waals surface area contributed by atoms with Crippen LogP contribution in [0.15, 0.2) is 0 Å². The lowest BCUT2D eigenvalue weighted by Crippen LogP contribution is -2.43. The van der Waals surface area contributed by atoms with Crippen LogP contribution in [0.25, 0.3) is 0 Å². The van der Waals surface area contributed by atoms with Crippen molar-refractivity contribution >= 4 is 11.8 Å². The largest absolute Gasteiger partial charge is 0.383 e. The van der Waals surface area contributed by atoms with Crippen LogP contribution in [0.5, 0.6) is 0 Å². The molecule has 7 nitrogen and oxygen atoms in total. The van der Waals surface area contributed by atoms with Gasteiger partial charge in [-0.1, -0.05) is 0 Å². The zero-order valence-electron chi connectivity index (χ0n) is 13.5. The second-order valence-corrected chi connectivity index (χ2v) is 6.00. The highest BCUT2D eigenvalue weighted by Gasteiger charge is 2.36. The molecule has 2 amide bonds. The lowest BCUT2D eigenvalue weighted by atomic mass is 10.1. The van der Waals surface area contributed by atoms with Crippen LogP contribution in [0.2, 0.25) is 0 Å². The van der Waals surface area contributed by atoms with Crippen molar-refractivity contribution in [2.24, 2.45) is 5.92 Å². The predicted octanol–water partition coefficient (Wildman–Crippen LogP) is -0.682. The van der Waals surface area contributed by atoms with Crippen molar-refractivity contribution in [1.82, 2.24) is 15.1 Å². The van der Waals surface area contributed by atoms with E-state index in [2.05, 4.69) is 10.2 Å². The summed E-state index contributed by atoms with van der Waals surface area (Å²) in [5.74, 6) is -0.219. The molecule has 1 N–H and O–H groups in total. The van der Waals surface area contributed by atoms with Gasteiger partial charge in [0.05, 0.1) is 31.8 Å². The Labute approximate surface area is 131 Å². The first-order valence-corrected chi connectivity index (χ1v) is 7.98. The lowest BCUT2D eigenvalue weighted by Gasteiger charge is -2.26. The summed E-state index contributed by atoms with van der Waals surface area (Å²) in [5, 5.41) is 2.95. The standard InChI is InChI=1S/C15H27N3O4/c1-12(11-21-2)18-10-13(9-14(18)19)15(20)16-3-4-17-5-7-22-8-6-17/h12-13H,3-11H2,1-2H3,(H,16,20)/t12-,13-/m0/s1. The van der Waals surface area contributed by atoms with E-state index in [1.165, 1.54) is 0 Å². The number of rotatable bonds is 7. The third-order valence-electron chi connectivity index (χ3n) is 4.30. The summed E-state index contributed by atoms with van der Waals surface area (Å²) in [6, 6.07) is 0.0173. The predicted molar refractivity (Wildman–Crippen MR) is 81.4 cm³/mol. The van der Waals surface area contributed by atoms with Gasteiger partial charge in [-0.05, 0) is 6.92 Å². The fourth-order valence-corrected chi connectivity index (χ4v) is 2.97. The van der Waals surface area contributed by atoms with Crippen LogP contribution in [0.3, 0.4) is 0 Å². The van der Waals surface area contributed by atoms with Crippen molar-refractivity contribution in [2.45, 2.75) is 19.4 Å². The molecule has 2 aliphatic rings. The summed E-state index contributed by atoms with van der Waals surface area (Å²) in [7, 11) is 1.62. The van der Waals surface area contributed by atoms with E-state index in [0.29, 0.717) is 26.1 Å². The van der Waals surface area contributed by atoms with Gasteiger partial charge in [-0.15, -0.1) is 0 Å². The van der Waals surface area contributed by atoms with E-state index in [9.17, 15) is 9.59 Å². The van der Waals surface area contributed by atoms with E-state index >= 15 is 0 Å². The molecule has 0 aromatic heterocycles. The van der Waals surface area contributed by atoms with Gasteiger partial charge in [-0.25, -0.2) is 0 Å². The highest BCUT2D eigenvalue weighted by Crippen LogP contribution is 2.20. The summed E-state index contributed by atoms with van der Waals surface area (Å²) in [4.78, 5) is 28.2. The first-order chi connectivity index (χ1) is 10.6. The molecule has 2 rings (SSSR count). The second kappa shape index (κ2) is 8.45. The molecule has 0 aliphatic carbocycles. The van der Waals surface area contributed by atoms with Crippen LogP contribution in [0, 0.1) is 5.92 Å². The normalized spacial score (nSPS) is 24.5. The Morgan fingerprint density at radius 2 is 2.18 bits per heavy atom. The van der Waals surface area contributed by atoms with Gasteiger partial charge in [0.25, 0.3) is 0 Å². The molecule has 0 unspecified atom stereocenters. The first kappa shape index (κ1) is 17.2. The summed E-state index contributed by atoms with van der Waals surface area (Å²) in [5.41, 5.74) is 0. The topological polar surface area (TPSA) is 71.1 Å². The van der Waals surface area contributed by atoms with Crippen molar-refractivity contribution in [3.8, 4) is 0 Å². The molecule has 0 bridgehead atoms. The second-order valence-electron chi connectivity index (χ2n) is 6.00. The van der Waals surface area contributed by atoms with E-state index < -0.39 is 0 Å². The highest BCUT2D eigenvalue weighted by atomic mass is 16.5. The number of nitrogens with one attached hydrogen (secondary N) is 1. The van der Waals surface area contributed by atoms with E-state index in [-0.39, 0.29) is 23.8 Å². The van der Waals surface area contributed by atoms with Crippen LogP contribution in [-0.2, 0) is 19.1 Å². The minimum Gasteiger partial charge on any atom is -0.383 e. The van der Waals surface area contributed by atoms with Crippen LogP contribution in [0.1, 0.15) is 13.3 Å². The van der Waals surface area contributed by atoms with Gasteiger partial charge >= 0.3 is 0 Å². The van der Waals surface area contributed by atoms with Crippen molar-refractivity contribution in [3.63, 3.8) is 0 Å². The lowest BCUT2D eigenvalue weighted by molar-refractivity contribution is -0.130. The summed E-state index contributed by atoms with van der Waals surface area (Å²) >= 11 is 0. The average molecular weight is 313 g/mol. The van der Waals surface area contributed by atoms with Crippen molar-refractivity contribution < 1.29 is 19.1 Å². The van der Waals surface area contributed by atoms with E-state index in [1.54, 1.807) is 12.0 Å². The van der Waals surface area contributed by atoms with E-state index in [4.69, 9.17) is 9.47 Å². The third-order valence-corrected chi connectivity index (χ3v) is 4.30. The Bertz CT molecular complexity index is 385. The number of hydrogen-bond acceptors (Lipinski definition) is 5. The van der Waals surface area contributed by atoms with E-state index in [0.717, 1.165) is 32.8 Å². The zero-order valence-corrected chi connectivity index (χ0v) is 13.5. The maximum atomic E-state index is 12.2. The SMILES string of the molecule is COC[C@H](C)N1C[C@@H](C(=O)NCCN2CCOCC2)CC1=O. The monoisotopic (exact) mass is 313 g/mol. The Morgan fingerprint density at radius 3 is 2.86 bits per heavy atom. The Balaban J connectivity index is 1.70. The van der Waals surface area contributed by atoms with Gasteiger partial charge in [-0.3, -0.25) is 14.5 Å². The fourth-order valence-electron chi connectivity index (χ4n) is 2.97. The molecule has 0 radical (unpaired) electrons. The Morgan fingerprint density at radius 1 is 1.45 bits per heavy atom. The molecular formula is C15H27N3O4. The van der Waals surface area contributed by atoms with Crippen LogP contribution in [-0.4, -0.2) is 87.3 Å². The number of morpholine rings is 1. The molecule has 0 aromatic carbocycles. The molecular weight excluding hydrogens is 286 g/mol. The number of carbonyl (C=O) groups is 2. The number of ether oxygens (including phenoxy) is 2. The van der Waals surface area contributed by atoms with Crippen molar-refractivity contribution in [2.75, 3.05) is 59.7 Å². The Kier molecular flexibility index (Phi) is 6.60. The number of likely N-dealkylation sites (tertiary alicyclic amines) is 1. The maximum Gasteiger partial charge on any atom is 0.225 e. The number of nitrogens with zero attached hydrogens (tertiary/aromatic N) is 2. The number of methoxy groups -OCH3 is 1. The summed E-state index contributed by atoms with van der Waals surface area (Å²) < 4.78 is 10.4. The van der Waals surface area contributed by atoms with Crippen LogP contribution < -0.4 is 5.32 Å². The molecule has 22 heavy (non-hydrogen) atoms. The van der Waals surface area contributed by atoms with Crippen LogP contribution >= 0.6 is 0 Å².